The molecule has 0 bridgehead atoms. The normalized spacial score (nSPS) is 21.8. The van der Waals surface area contributed by atoms with Crippen molar-refractivity contribution in [2.24, 2.45) is 0 Å². The van der Waals surface area contributed by atoms with Gasteiger partial charge in [0, 0.05) is 0 Å². The molecule has 0 saturated heterocycles. The van der Waals surface area contributed by atoms with Gasteiger partial charge in [0.2, 0.25) is 0 Å². The Hall–Kier alpha value is -0.120. The smallest absolute Gasteiger partial charge is 0.100 e. The molecule has 3 nitrogen and oxygen atoms in total. The summed E-state index contributed by atoms with van der Waals surface area (Å²) in [5, 5.41) is 24.5. The van der Waals surface area contributed by atoms with E-state index in [1.54, 1.807) is 0 Å². The van der Waals surface area contributed by atoms with E-state index in [0.717, 1.165) is 0 Å². The molecule has 0 saturated carbocycles. The van der Waals surface area contributed by atoms with Crippen LogP contribution in [0.3, 0.4) is 0 Å². The minimum atomic E-state index is -2.69. The Morgan fingerprint density at radius 1 is 1.67 bits per heavy atom. The van der Waals surface area contributed by atoms with Gasteiger partial charge in [-0.05, 0) is 0 Å². The summed E-state index contributed by atoms with van der Waals surface area (Å²) in [5.41, 5.74) is 0. The van der Waals surface area contributed by atoms with Crippen LogP contribution in [0.2, 0.25) is 0 Å². The number of hydrogen-bond acceptors (Lipinski definition) is 3. The van der Waals surface area contributed by atoms with Crippen molar-refractivity contribution in [1.82, 2.24) is 0 Å². The summed E-state index contributed by atoms with van der Waals surface area (Å²) in [6.45, 7) is -3.46. The predicted molar refractivity (Wildman–Crippen MR) is 20.2 cm³/mol. The highest BCUT2D eigenvalue weighted by atomic mass is 16.3. The quantitative estimate of drug-likeness (QED) is 0.383. The molecule has 0 radical (unpaired) electrons. The van der Waals surface area contributed by atoms with E-state index in [-0.39, 0.29) is 0 Å². The molecule has 38 valence electrons. The van der Waals surface area contributed by atoms with E-state index in [9.17, 15) is 0 Å². The second-order valence-corrected chi connectivity index (χ2v) is 0.827. The van der Waals surface area contributed by atoms with Crippen molar-refractivity contribution in [1.29, 1.82) is 0 Å². The van der Waals surface area contributed by atoms with E-state index in [1.165, 1.54) is 0 Å². The average molecular weight is 94.1 g/mol. The SMILES string of the molecule is [2H]C([2H])(O)[C@H](O)CO. The highest BCUT2D eigenvalue weighted by molar-refractivity contribution is 4.43. The van der Waals surface area contributed by atoms with Gasteiger partial charge < -0.3 is 15.3 Å². The van der Waals surface area contributed by atoms with Gasteiger partial charge in [0.1, 0.15) is 6.10 Å². The maximum atomic E-state index is 8.32. The largest absolute Gasteiger partial charge is 0.394 e. The minimum absolute atomic E-state index is 0.774. The van der Waals surface area contributed by atoms with Gasteiger partial charge in [-0.2, -0.15) is 0 Å². The molecule has 0 aliphatic carbocycles. The maximum absolute atomic E-state index is 8.32. The minimum Gasteiger partial charge on any atom is -0.394 e. The fourth-order valence-corrected chi connectivity index (χ4v) is 0.0408. The Morgan fingerprint density at radius 2 is 2.17 bits per heavy atom. The van der Waals surface area contributed by atoms with Crippen molar-refractivity contribution in [2.75, 3.05) is 13.2 Å². The van der Waals surface area contributed by atoms with Crippen LogP contribution in [0.25, 0.3) is 0 Å². The molecule has 0 unspecified atom stereocenters. The van der Waals surface area contributed by atoms with Crippen LogP contribution in [0.4, 0.5) is 0 Å². The van der Waals surface area contributed by atoms with Gasteiger partial charge in [-0.3, -0.25) is 0 Å². The zero-order chi connectivity index (χ0) is 6.78. The second-order valence-electron chi connectivity index (χ2n) is 0.827. The van der Waals surface area contributed by atoms with E-state index < -0.39 is 19.3 Å². The molecule has 0 aromatic heterocycles. The van der Waals surface area contributed by atoms with Gasteiger partial charge in [0.05, 0.1) is 15.9 Å². The topological polar surface area (TPSA) is 60.7 Å². The van der Waals surface area contributed by atoms with Crippen LogP contribution in [0.5, 0.6) is 0 Å². The Morgan fingerprint density at radius 3 is 2.17 bits per heavy atom. The Bertz CT molecular complexity index is 69.4. The average Bonchev–Trinajstić information content (AvgIpc) is 1.62. The van der Waals surface area contributed by atoms with Crippen LogP contribution in [0.1, 0.15) is 2.74 Å². The number of aliphatic hydroxyl groups is 3. The van der Waals surface area contributed by atoms with E-state index >= 15 is 0 Å². The number of rotatable bonds is 2. The van der Waals surface area contributed by atoms with E-state index in [2.05, 4.69) is 0 Å². The van der Waals surface area contributed by atoms with Crippen LogP contribution in [0, 0.1) is 0 Å². The lowest BCUT2D eigenvalue weighted by Crippen LogP contribution is -2.15. The number of aliphatic hydroxyl groups excluding tert-OH is 2. The number of hydrogen-bond donors (Lipinski definition) is 3. The highest BCUT2D eigenvalue weighted by Crippen LogP contribution is 1.71. The fourth-order valence-electron chi connectivity index (χ4n) is 0.0408. The second kappa shape index (κ2) is 3.08. The summed E-state index contributed by atoms with van der Waals surface area (Å²) in [6, 6.07) is 0. The van der Waals surface area contributed by atoms with Gasteiger partial charge in [0.25, 0.3) is 0 Å². The summed E-state index contributed by atoms with van der Waals surface area (Å²) in [4.78, 5) is 0. The van der Waals surface area contributed by atoms with Gasteiger partial charge >= 0.3 is 0 Å². The molecule has 0 amide bonds. The van der Waals surface area contributed by atoms with Crippen molar-refractivity contribution >= 4 is 0 Å². The highest BCUT2D eigenvalue weighted by Gasteiger charge is 1.93. The first-order valence-electron chi connectivity index (χ1n) is 2.49. The van der Waals surface area contributed by atoms with Crippen LogP contribution >= 0.6 is 0 Å². The van der Waals surface area contributed by atoms with Gasteiger partial charge in [-0.25, -0.2) is 0 Å². The molecular formula is C3H8O3. The van der Waals surface area contributed by atoms with Crippen molar-refractivity contribution in [3.63, 3.8) is 0 Å². The van der Waals surface area contributed by atoms with E-state index in [4.69, 9.17) is 18.1 Å². The van der Waals surface area contributed by atoms with Crippen molar-refractivity contribution in [2.45, 2.75) is 6.10 Å². The lowest BCUT2D eigenvalue weighted by molar-refractivity contribution is 0.0450. The molecular weight excluding hydrogens is 84.0 g/mol. The van der Waals surface area contributed by atoms with Crippen molar-refractivity contribution in [3.05, 3.63) is 0 Å². The summed E-state index contributed by atoms with van der Waals surface area (Å²) < 4.78 is 12.7. The van der Waals surface area contributed by atoms with Crippen molar-refractivity contribution in [3.8, 4) is 0 Å². The maximum Gasteiger partial charge on any atom is 0.100 e. The molecule has 0 aromatic carbocycles. The monoisotopic (exact) mass is 94.1 g/mol. The Balaban J connectivity index is 3.62. The zero-order valence-electron chi connectivity index (χ0n) is 5.13. The molecule has 3 heteroatoms. The Kier molecular flexibility index (Phi) is 1.52. The summed E-state index contributed by atoms with van der Waals surface area (Å²) in [5.74, 6) is 0. The van der Waals surface area contributed by atoms with E-state index in [0.29, 0.717) is 0 Å². The molecule has 0 aliphatic heterocycles. The molecule has 3 N–H and O–H groups in total. The molecule has 0 fully saturated rings. The first-order chi connectivity index (χ1) is 3.48. The molecule has 0 aliphatic rings. The van der Waals surface area contributed by atoms with Crippen LogP contribution in [-0.4, -0.2) is 34.6 Å². The van der Waals surface area contributed by atoms with Crippen molar-refractivity contribution < 1.29 is 18.1 Å². The molecule has 6 heavy (non-hydrogen) atoms. The summed E-state index contributed by atoms with van der Waals surface area (Å²) in [6.07, 6.45) is -1.71. The lowest BCUT2D eigenvalue weighted by atomic mass is 10.4. The van der Waals surface area contributed by atoms with Gasteiger partial charge in [-0.15, -0.1) is 0 Å². The summed E-state index contributed by atoms with van der Waals surface area (Å²) in [7, 11) is 0. The fraction of sp³-hybridized carbons (Fsp3) is 1.00. The molecule has 0 heterocycles. The first kappa shape index (κ1) is 2.96. The molecule has 1 atom stereocenters. The van der Waals surface area contributed by atoms with Crippen LogP contribution in [0.15, 0.2) is 0 Å². The first-order valence-corrected chi connectivity index (χ1v) is 1.49. The zero-order valence-corrected chi connectivity index (χ0v) is 3.13. The lowest BCUT2D eigenvalue weighted by Gasteiger charge is -1.96. The van der Waals surface area contributed by atoms with Gasteiger partial charge in [-0.1, -0.05) is 0 Å². The van der Waals surface area contributed by atoms with Crippen LogP contribution < -0.4 is 0 Å². The predicted octanol–water partition coefficient (Wildman–Crippen LogP) is -1.67. The third-order valence-corrected chi connectivity index (χ3v) is 0.322. The standard InChI is InChI=1S/C3H8O3/c4-1-3(6)2-5/h3-6H,1-2H2/i1D2/t3-/m0/s1. The molecule has 0 rings (SSSR count). The summed E-state index contributed by atoms with van der Waals surface area (Å²) >= 11 is 0. The van der Waals surface area contributed by atoms with Gasteiger partial charge in [0.15, 0.2) is 0 Å². The van der Waals surface area contributed by atoms with Crippen LogP contribution in [-0.2, 0) is 0 Å². The Labute approximate surface area is 38.7 Å². The third kappa shape index (κ3) is 2.14. The third-order valence-electron chi connectivity index (χ3n) is 0.322. The molecule has 0 aromatic rings. The van der Waals surface area contributed by atoms with E-state index in [1.807, 2.05) is 0 Å². The molecule has 0 spiro atoms.